The molecule has 2 aliphatic rings. The second-order valence-electron chi connectivity index (χ2n) is 2.84. The van der Waals surface area contributed by atoms with Gasteiger partial charge in [0, 0.05) is 18.5 Å². The molecule has 0 radical (unpaired) electrons. The quantitative estimate of drug-likeness (QED) is 0.645. The predicted octanol–water partition coefficient (Wildman–Crippen LogP) is 1.46. The Morgan fingerprint density at radius 2 is 2.36 bits per heavy atom. The molecule has 1 atom stereocenters. The fourth-order valence-corrected chi connectivity index (χ4v) is 1.09. The van der Waals surface area contributed by atoms with E-state index in [0.717, 1.165) is 24.3 Å². The van der Waals surface area contributed by atoms with Gasteiger partial charge in [-0.2, -0.15) is 0 Å². The summed E-state index contributed by atoms with van der Waals surface area (Å²) < 4.78 is 5.53. The normalized spacial score (nSPS) is 27.5. The summed E-state index contributed by atoms with van der Waals surface area (Å²) in [7, 11) is 0. The Balaban J connectivity index is 1.94. The highest BCUT2D eigenvalue weighted by atomic mass is 16.5. The first-order valence-electron chi connectivity index (χ1n) is 3.84. The van der Waals surface area contributed by atoms with Gasteiger partial charge in [-0.1, -0.05) is 6.08 Å². The zero-order valence-corrected chi connectivity index (χ0v) is 6.29. The van der Waals surface area contributed by atoms with Gasteiger partial charge in [-0.15, -0.1) is 0 Å². The number of ether oxygens (including phenoxy) is 1. The first-order valence-corrected chi connectivity index (χ1v) is 3.84. The maximum absolute atomic E-state index is 5.60. The molecule has 58 valence electrons. The lowest BCUT2D eigenvalue weighted by Gasteiger charge is -2.14. The lowest BCUT2D eigenvalue weighted by atomic mass is 10.1. The number of hydrogen-bond donors (Lipinski definition) is 1. The van der Waals surface area contributed by atoms with Crippen LogP contribution in [0, 0.1) is 0 Å². The maximum Gasteiger partial charge on any atom is 0.122 e. The molecule has 0 aromatic rings. The van der Waals surface area contributed by atoms with Gasteiger partial charge in [0.15, 0.2) is 0 Å². The average Bonchev–Trinajstić information content (AvgIpc) is 2.71. The van der Waals surface area contributed by atoms with Crippen molar-refractivity contribution in [2.24, 2.45) is 5.73 Å². The van der Waals surface area contributed by atoms with Gasteiger partial charge in [0.2, 0.25) is 0 Å². The predicted molar refractivity (Wildman–Crippen MR) is 43.6 cm³/mol. The van der Waals surface area contributed by atoms with Crippen LogP contribution in [-0.4, -0.2) is 6.10 Å². The molecule has 11 heavy (non-hydrogen) atoms. The summed E-state index contributed by atoms with van der Waals surface area (Å²) in [5.41, 5.74) is 6.40. The monoisotopic (exact) mass is 149 g/mol. The molecule has 2 N–H and O–H groups in total. The van der Waals surface area contributed by atoms with Crippen LogP contribution in [0.15, 0.2) is 35.8 Å². The van der Waals surface area contributed by atoms with Crippen molar-refractivity contribution in [3.05, 3.63) is 35.8 Å². The second kappa shape index (κ2) is 2.46. The van der Waals surface area contributed by atoms with Crippen molar-refractivity contribution >= 4 is 0 Å². The molecule has 0 saturated carbocycles. The standard InChI is InChI=1S/C9H11NO/c10-7-2-1-3-9(6-7)11-8-4-5-8/h1-2,4,6,9H,3,5,10H2/t9-/m0/s1. The molecule has 0 aliphatic heterocycles. The highest BCUT2D eigenvalue weighted by Gasteiger charge is 2.15. The maximum atomic E-state index is 5.60. The molecule has 2 nitrogen and oxygen atoms in total. The highest BCUT2D eigenvalue weighted by molar-refractivity contribution is 5.23. The molecule has 0 aromatic heterocycles. The van der Waals surface area contributed by atoms with Crippen LogP contribution in [0.1, 0.15) is 12.8 Å². The van der Waals surface area contributed by atoms with Crippen molar-refractivity contribution in [1.29, 1.82) is 0 Å². The summed E-state index contributed by atoms with van der Waals surface area (Å²) in [6, 6.07) is 0. The third-order valence-corrected chi connectivity index (χ3v) is 1.73. The molecular weight excluding hydrogens is 138 g/mol. The van der Waals surface area contributed by atoms with Crippen LogP contribution in [0.25, 0.3) is 0 Å². The van der Waals surface area contributed by atoms with Crippen molar-refractivity contribution in [3.8, 4) is 0 Å². The fourth-order valence-electron chi connectivity index (χ4n) is 1.09. The van der Waals surface area contributed by atoms with Crippen molar-refractivity contribution in [2.45, 2.75) is 18.9 Å². The van der Waals surface area contributed by atoms with E-state index in [1.807, 2.05) is 18.2 Å². The molecular formula is C9H11NO. The van der Waals surface area contributed by atoms with Gasteiger partial charge in [0.25, 0.3) is 0 Å². The zero-order valence-electron chi connectivity index (χ0n) is 6.29. The fraction of sp³-hybridized carbons (Fsp3) is 0.333. The van der Waals surface area contributed by atoms with E-state index in [4.69, 9.17) is 10.5 Å². The third kappa shape index (κ3) is 1.64. The first-order chi connectivity index (χ1) is 5.34. The SMILES string of the molecule is NC1=C[C@@H](OC2=CC2)CC=C1. The molecule has 0 saturated heterocycles. The topological polar surface area (TPSA) is 35.2 Å². The van der Waals surface area contributed by atoms with Crippen LogP contribution in [-0.2, 0) is 4.74 Å². The van der Waals surface area contributed by atoms with E-state index in [1.54, 1.807) is 0 Å². The molecule has 0 bridgehead atoms. The van der Waals surface area contributed by atoms with Crippen LogP contribution in [0.3, 0.4) is 0 Å². The van der Waals surface area contributed by atoms with Crippen molar-refractivity contribution in [1.82, 2.24) is 0 Å². The van der Waals surface area contributed by atoms with Gasteiger partial charge >= 0.3 is 0 Å². The summed E-state index contributed by atoms with van der Waals surface area (Å²) in [4.78, 5) is 0. The minimum absolute atomic E-state index is 0.175. The molecule has 0 amide bonds. The van der Waals surface area contributed by atoms with E-state index < -0.39 is 0 Å². The summed E-state index contributed by atoms with van der Waals surface area (Å²) in [5.74, 6) is 1.11. The van der Waals surface area contributed by atoms with Gasteiger partial charge in [0.05, 0.1) is 5.76 Å². The first kappa shape index (κ1) is 6.53. The molecule has 0 unspecified atom stereocenters. The summed E-state index contributed by atoms with van der Waals surface area (Å²) >= 11 is 0. The van der Waals surface area contributed by atoms with E-state index >= 15 is 0 Å². The minimum Gasteiger partial charge on any atom is -0.490 e. The van der Waals surface area contributed by atoms with Crippen LogP contribution in [0.2, 0.25) is 0 Å². The van der Waals surface area contributed by atoms with Gasteiger partial charge in [-0.05, 0) is 18.2 Å². The second-order valence-corrected chi connectivity index (χ2v) is 2.84. The Bertz CT molecular complexity index is 250. The van der Waals surface area contributed by atoms with Crippen LogP contribution >= 0.6 is 0 Å². The average molecular weight is 149 g/mol. The van der Waals surface area contributed by atoms with Crippen molar-refractivity contribution in [3.63, 3.8) is 0 Å². The van der Waals surface area contributed by atoms with Crippen LogP contribution < -0.4 is 5.73 Å². The molecule has 2 aliphatic carbocycles. The molecule has 0 fully saturated rings. The van der Waals surface area contributed by atoms with Crippen LogP contribution in [0.4, 0.5) is 0 Å². The Hall–Kier alpha value is -1.18. The van der Waals surface area contributed by atoms with Crippen molar-refractivity contribution < 1.29 is 4.74 Å². The molecule has 0 aromatic carbocycles. The van der Waals surface area contributed by atoms with Gasteiger partial charge in [-0.25, -0.2) is 0 Å². The lowest BCUT2D eigenvalue weighted by Crippen LogP contribution is -2.12. The van der Waals surface area contributed by atoms with E-state index in [0.29, 0.717) is 0 Å². The summed E-state index contributed by atoms with van der Waals surface area (Å²) in [6.45, 7) is 0. The minimum atomic E-state index is 0.175. The van der Waals surface area contributed by atoms with Gasteiger partial charge in [-0.3, -0.25) is 0 Å². The van der Waals surface area contributed by atoms with Gasteiger partial charge in [0.1, 0.15) is 6.10 Å². The zero-order chi connectivity index (χ0) is 7.68. The third-order valence-electron chi connectivity index (χ3n) is 1.73. The van der Waals surface area contributed by atoms with E-state index in [-0.39, 0.29) is 6.10 Å². The Labute approximate surface area is 66.0 Å². The highest BCUT2D eigenvalue weighted by Crippen LogP contribution is 2.24. The Morgan fingerprint density at radius 3 is 3.00 bits per heavy atom. The van der Waals surface area contributed by atoms with Crippen molar-refractivity contribution in [2.75, 3.05) is 0 Å². The smallest absolute Gasteiger partial charge is 0.122 e. The summed E-state index contributed by atoms with van der Waals surface area (Å²) in [6.07, 6.45) is 10.1. The Morgan fingerprint density at radius 1 is 1.55 bits per heavy atom. The number of hydrogen-bond acceptors (Lipinski definition) is 2. The molecule has 0 heterocycles. The van der Waals surface area contributed by atoms with Gasteiger partial charge < -0.3 is 10.5 Å². The van der Waals surface area contributed by atoms with E-state index in [2.05, 4.69) is 6.08 Å². The van der Waals surface area contributed by atoms with Crippen LogP contribution in [0.5, 0.6) is 0 Å². The summed E-state index contributed by atoms with van der Waals surface area (Å²) in [5, 5.41) is 0. The lowest BCUT2D eigenvalue weighted by molar-refractivity contribution is 0.167. The molecule has 0 spiro atoms. The molecule has 2 heteroatoms. The Kier molecular flexibility index (Phi) is 1.46. The number of allylic oxidation sites excluding steroid dienone is 3. The van der Waals surface area contributed by atoms with E-state index in [1.165, 1.54) is 0 Å². The van der Waals surface area contributed by atoms with E-state index in [9.17, 15) is 0 Å². The largest absolute Gasteiger partial charge is 0.490 e. The number of nitrogens with two attached hydrogens (primary N) is 1. The molecule has 2 rings (SSSR count). The number of rotatable bonds is 2.